The fourth-order valence-electron chi connectivity index (χ4n) is 2.47. The minimum absolute atomic E-state index is 0.121. The van der Waals surface area contributed by atoms with Gasteiger partial charge < -0.3 is 15.2 Å². The van der Waals surface area contributed by atoms with E-state index in [2.05, 4.69) is 0 Å². The lowest BCUT2D eigenvalue weighted by molar-refractivity contribution is -0.608. The first-order chi connectivity index (χ1) is 9.65. The number of carbonyl (C=O) groups is 1. The lowest BCUT2D eigenvalue weighted by Gasteiger charge is -2.28. The molecule has 1 aliphatic rings. The Balaban J connectivity index is 1.87. The zero-order valence-corrected chi connectivity index (χ0v) is 10.8. The normalized spacial score (nSPS) is 13.9. The van der Waals surface area contributed by atoms with E-state index in [-0.39, 0.29) is 17.4 Å². The van der Waals surface area contributed by atoms with E-state index < -0.39 is 0 Å². The first-order valence-electron chi connectivity index (χ1n) is 6.43. The van der Waals surface area contributed by atoms with Gasteiger partial charge in [0.25, 0.3) is 5.69 Å². The van der Waals surface area contributed by atoms with Gasteiger partial charge in [0.1, 0.15) is 5.75 Å². The van der Waals surface area contributed by atoms with Crippen LogP contribution in [0.2, 0.25) is 0 Å². The number of hydrogen-bond donors (Lipinski definition) is 1. The summed E-state index contributed by atoms with van der Waals surface area (Å²) >= 11 is 0. The van der Waals surface area contributed by atoms with Crippen LogP contribution in [-0.4, -0.2) is 22.5 Å². The SMILES string of the molecule is O=C(c1cccc[n+]1[O-])N1CCc2ccc(O)cc2C1. The number of hydrogen-bond acceptors (Lipinski definition) is 3. The van der Waals surface area contributed by atoms with Gasteiger partial charge in [-0.05, 0) is 35.7 Å². The lowest BCUT2D eigenvalue weighted by atomic mass is 9.99. The summed E-state index contributed by atoms with van der Waals surface area (Å²) in [5, 5.41) is 21.1. The molecule has 1 aliphatic heterocycles. The fourth-order valence-corrected chi connectivity index (χ4v) is 2.47. The van der Waals surface area contributed by atoms with Crippen LogP contribution < -0.4 is 4.73 Å². The summed E-state index contributed by atoms with van der Waals surface area (Å²) in [4.78, 5) is 14.0. The number of aromatic hydroxyl groups is 1. The maximum atomic E-state index is 12.4. The van der Waals surface area contributed by atoms with Crippen molar-refractivity contribution in [1.82, 2.24) is 4.90 Å². The van der Waals surface area contributed by atoms with Crippen molar-refractivity contribution in [3.05, 3.63) is 64.6 Å². The van der Waals surface area contributed by atoms with Crippen molar-refractivity contribution >= 4 is 5.91 Å². The summed E-state index contributed by atoms with van der Waals surface area (Å²) in [6.07, 6.45) is 2.05. The van der Waals surface area contributed by atoms with Gasteiger partial charge in [0.15, 0.2) is 6.20 Å². The Kier molecular flexibility index (Phi) is 3.02. The van der Waals surface area contributed by atoms with Gasteiger partial charge in [-0.3, -0.25) is 4.79 Å². The van der Waals surface area contributed by atoms with Gasteiger partial charge >= 0.3 is 5.91 Å². The Bertz CT molecular complexity index is 670. The van der Waals surface area contributed by atoms with Crippen molar-refractivity contribution in [2.24, 2.45) is 0 Å². The number of phenols is 1. The molecule has 1 amide bonds. The number of rotatable bonds is 1. The van der Waals surface area contributed by atoms with Crippen LogP contribution in [0, 0.1) is 5.21 Å². The number of phenolic OH excluding ortho intramolecular Hbond substituents is 1. The second-order valence-corrected chi connectivity index (χ2v) is 4.84. The van der Waals surface area contributed by atoms with Gasteiger partial charge in [0.05, 0.1) is 0 Å². The van der Waals surface area contributed by atoms with E-state index >= 15 is 0 Å². The number of nitrogens with zero attached hydrogens (tertiary/aromatic N) is 2. The highest BCUT2D eigenvalue weighted by Crippen LogP contribution is 2.23. The molecule has 0 atom stereocenters. The quantitative estimate of drug-likeness (QED) is 0.626. The van der Waals surface area contributed by atoms with E-state index in [0.717, 1.165) is 17.5 Å². The molecule has 102 valence electrons. The Labute approximate surface area is 116 Å². The van der Waals surface area contributed by atoms with Crippen LogP contribution >= 0.6 is 0 Å². The molecule has 2 aromatic rings. The molecule has 2 heterocycles. The fraction of sp³-hybridized carbons (Fsp3) is 0.200. The molecular formula is C15H14N2O3. The predicted molar refractivity (Wildman–Crippen MR) is 72.0 cm³/mol. The minimum atomic E-state index is -0.283. The zero-order valence-electron chi connectivity index (χ0n) is 10.8. The second-order valence-electron chi connectivity index (χ2n) is 4.84. The van der Waals surface area contributed by atoms with E-state index in [1.807, 2.05) is 6.07 Å². The summed E-state index contributed by atoms with van der Waals surface area (Å²) in [7, 11) is 0. The standard InChI is InChI=1S/C15H14N2O3/c18-13-5-4-11-6-8-16(10-12(11)9-13)15(19)14-3-1-2-7-17(14)20/h1-5,7,9,18H,6,8,10H2. The third kappa shape index (κ3) is 2.18. The summed E-state index contributed by atoms with van der Waals surface area (Å²) in [6, 6.07) is 9.99. The number of benzene rings is 1. The molecule has 0 saturated heterocycles. The van der Waals surface area contributed by atoms with Crippen LogP contribution in [0.25, 0.3) is 0 Å². The summed E-state index contributed by atoms with van der Waals surface area (Å²) < 4.78 is 0.584. The molecule has 0 saturated carbocycles. The minimum Gasteiger partial charge on any atom is -0.618 e. The van der Waals surface area contributed by atoms with Crippen molar-refractivity contribution in [2.75, 3.05) is 6.54 Å². The summed E-state index contributed by atoms with van der Waals surface area (Å²) in [5.41, 5.74) is 2.18. The molecule has 0 aliphatic carbocycles. The first kappa shape index (κ1) is 12.5. The van der Waals surface area contributed by atoms with Gasteiger partial charge in [-0.2, -0.15) is 4.73 Å². The van der Waals surface area contributed by atoms with Crippen molar-refractivity contribution in [3.8, 4) is 5.75 Å². The molecule has 5 heteroatoms. The first-order valence-corrected chi connectivity index (χ1v) is 6.43. The van der Waals surface area contributed by atoms with E-state index in [0.29, 0.717) is 17.8 Å². The molecule has 3 rings (SSSR count). The van der Waals surface area contributed by atoms with E-state index in [4.69, 9.17) is 0 Å². The second kappa shape index (κ2) is 4.85. The van der Waals surface area contributed by atoms with Crippen molar-refractivity contribution in [3.63, 3.8) is 0 Å². The van der Waals surface area contributed by atoms with Gasteiger partial charge in [-0.15, -0.1) is 0 Å². The highest BCUT2D eigenvalue weighted by atomic mass is 16.5. The topological polar surface area (TPSA) is 67.5 Å². The molecule has 0 spiro atoms. The number of aromatic nitrogens is 1. The third-order valence-electron chi connectivity index (χ3n) is 3.53. The molecule has 1 N–H and O–H groups in total. The Morgan fingerprint density at radius 3 is 2.90 bits per heavy atom. The molecule has 20 heavy (non-hydrogen) atoms. The van der Waals surface area contributed by atoms with Crippen LogP contribution in [0.5, 0.6) is 5.75 Å². The van der Waals surface area contributed by atoms with Crippen molar-refractivity contribution in [2.45, 2.75) is 13.0 Å². The van der Waals surface area contributed by atoms with Crippen LogP contribution in [0.3, 0.4) is 0 Å². The van der Waals surface area contributed by atoms with Gasteiger partial charge in [0, 0.05) is 25.2 Å². The lowest BCUT2D eigenvalue weighted by Crippen LogP contribution is -2.43. The van der Waals surface area contributed by atoms with Crippen LogP contribution in [0.4, 0.5) is 0 Å². The molecule has 0 fully saturated rings. The van der Waals surface area contributed by atoms with Crippen LogP contribution in [0.1, 0.15) is 21.6 Å². The van der Waals surface area contributed by atoms with Crippen molar-refractivity contribution in [1.29, 1.82) is 0 Å². The Morgan fingerprint density at radius 1 is 1.25 bits per heavy atom. The molecule has 0 radical (unpaired) electrons. The van der Waals surface area contributed by atoms with E-state index in [1.54, 1.807) is 29.2 Å². The monoisotopic (exact) mass is 270 g/mol. The summed E-state index contributed by atoms with van der Waals surface area (Å²) in [6.45, 7) is 0.989. The van der Waals surface area contributed by atoms with Gasteiger partial charge in [0.2, 0.25) is 0 Å². The van der Waals surface area contributed by atoms with Gasteiger partial charge in [-0.25, -0.2) is 0 Å². The number of fused-ring (bicyclic) bond motifs is 1. The van der Waals surface area contributed by atoms with Crippen LogP contribution in [0.15, 0.2) is 42.6 Å². The van der Waals surface area contributed by atoms with E-state index in [1.165, 1.54) is 12.3 Å². The average Bonchev–Trinajstić information content (AvgIpc) is 2.46. The third-order valence-corrected chi connectivity index (χ3v) is 3.53. The van der Waals surface area contributed by atoms with E-state index in [9.17, 15) is 15.1 Å². The molecule has 5 nitrogen and oxygen atoms in total. The summed E-state index contributed by atoms with van der Waals surface area (Å²) in [5.74, 6) is -0.0914. The molecule has 1 aromatic carbocycles. The maximum absolute atomic E-state index is 12.4. The Morgan fingerprint density at radius 2 is 2.10 bits per heavy atom. The molecule has 0 bridgehead atoms. The highest BCUT2D eigenvalue weighted by molar-refractivity contribution is 5.91. The maximum Gasteiger partial charge on any atom is 0.320 e. The number of carbonyl (C=O) groups excluding carboxylic acids is 1. The molecule has 0 unspecified atom stereocenters. The Hall–Kier alpha value is -2.56. The highest BCUT2D eigenvalue weighted by Gasteiger charge is 2.26. The number of pyridine rings is 1. The largest absolute Gasteiger partial charge is 0.618 e. The number of amides is 1. The molecule has 1 aromatic heterocycles. The van der Waals surface area contributed by atoms with Crippen LogP contribution in [-0.2, 0) is 13.0 Å². The van der Waals surface area contributed by atoms with Gasteiger partial charge in [-0.1, -0.05) is 6.07 Å². The molecular weight excluding hydrogens is 256 g/mol. The predicted octanol–water partition coefficient (Wildman–Crippen LogP) is 1.22. The average molecular weight is 270 g/mol. The smallest absolute Gasteiger partial charge is 0.320 e. The van der Waals surface area contributed by atoms with Crippen molar-refractivity contribution < 1.29 is 14.6 Å². The zero-order chi connectivity index (χ0) is 14.1.